The summed E-state index contributed by atoms with van der Waals surface area (Å²) >= 11 is 0. The van der Waals surface area contributed by atoms with E-state index in [0.29, 0.717) is 12.4 Å². The number of benzene rings is 1. The molecule has 0 aromatic heterocycles. The Balaban J connectivity index is 0.00000225. The molecule has 0 spiro atoms. The van der Waals surface area contributed by atoms with Gasteiger partial charge in [0.1, 0.15) is 11.8 Å². The Kier molecular flexibility index (Phi) is 5.61. The Hall–Kier alpha value is -0.940. The lowest BCUT2D eigenvalue weighted by Gasteiger charge is -2.16. The number of hydrogen-bond donors (Lipinski definition) is 1. The van der Waals surface area contributed by atoms with Crippen LogP contribution in [0.15, 0.2) is 24.3 Å². The highest BCUT2D eigenvalue weighted by Gasteiger charge is 2.37. The minimum Gasteiger partial charge on any atom is -0.494 e. The van der Waals surface area contributed by atoms with Crippen LogP contribution in [0.4, 0.5) is 13.2 Å². The molecule has 0 fully saturated rings. The number of halogens is 4. The third kappa shape index (κ3) is 3.90. The van der Waals surface area contributed by atoms with E-state index in [1.165, 1.54) is 24.3 Å². The number of hydrogen-bond acceptors (Lipinski definition) is 2. The Morgan fingerprint density at radius 2 is 1.75 bits per heavy atom. The molecule has 0 aliphatic heterocycles. The van der Waals surface area contributed by atoms with E-state index in [9.17, 15) is 13.2 Å². The second-order valence-corrected chi connectivity index (χ2v) is 3.02. The van der Waals surface area contributed by atoms with Gasteiger partial charge in [0.05, 0.1) is 6.61 Å². The van der Waals surface area contributed by atoms with Crippen molar-refractivity contribution in [3.8, 4) is 5.75 Å². The van der Waals surface area contributed by atoms with Crippen LogP contribution in [0.1, 0.15) is 18.5 Å². The minimum absolute atomic E-state index is 0. The van der Waals surface area contributed by atoms with Gasteiger partial charge >= 0.3 is 6.18 Å². The summed E-state index contributed by atoms with van der Waals surface area (Å²) in [6.07, 6.45) is -4.41. The SMILES string of the molecule is CCOc1ccc(C(N)C(F)(F)F)cc1.Cl. The summed E-state index contributed by atoms with van der Waals surface area (Å²) in [7, 11) is 0. The van der Waals surface area contributed by atoms with E-state index in [-0.39, 0.29) is 18.0 Å². The maximum absolute atomic E-state index is 12.2. The summed E-state index contributed by atoms with van der Waals surface area (Å²) in [6.45, 7) is 2.28. The summed E-state index contributed by atoms with van der Waals surface area (Å²) in [5.74, 6) is 0.538. The van der Waals surface area contributed by atoms with E-state index in [1.807, 2.05) is 0 Å². The van der Waals surface area contributed by atoms with Crippen molar-refractivity contribution in [1.29, 1.82) is 0 Å². The van der Waals surface area contributed by atoms with Gasteiger partial charge in [0.15, 0.2) is 0 Å². The monoisotopic (exact) mass is 255 g/mol. The molecule has 0 heterocycles. The first-order chi connectivity index (χ1) is 6.95. The second-order valence-electron chi connectivity index (χ2n) is 3.02. The smallest absolute Gasteiger partial charge is 0.407 e. The van der Waals surface area contributed by atoms with E-state index < -0.39 is 12.2 Å². The normalized spacial score (nSPS) is 12.8. The second kappa shape index (κ2) is 5.96. The van der Waals surface area contributed by atoms with E-state index in [4.69, 9.17) is 10.5 Å². The van der Waals surface area contributed by atoms with Gasteiger partial charge < -0.3 is 10.5 Å². The number of nitrogens with two attached hydrogens (primary N) is 1. The van der Waals surface area contributed by atoms with Gasteiger partial charge in [-0.1, -0.05) is 12.1 Å². The highest BCUT2D eigenvalue weighted by atomic mass is 35.5. The topological polar surface area (TPSA) is 35.2 Å². The third-order valence-electron chi connectivity index (χ3n) is 1.90. The highest BCUT2D eigenvalue weighted by Crippen LogP contribution is 2.30. The van der Waals surface area contributed by atoms with Crippen molar-refractivity contribution in [3.63, 3.8) is 0 Å². The summed E-state index contributed by atoms with van der Waals surface area (Å²) in [5.41, 5.74) is 5.06. The standard InChI is InChI=1S/C10H12F3NO.ClH/c1-2-15-8-5-3-7(4-6-8)9(14)10(11,12)13;/h3-6,9H,2,14H2,1H3;1H. The highest BCUT2D eigenvalue weighted by molar-refractivity contribution is 5.85. The molecule has 0 saturated carbocycles. The molecule has 0 radical (unpaired) electrons. The fourth-order valence-corrected chi connectivity index (χ4v) is 1.13. The molecular weight excluding hydrogens is 243 g/mol. The van der Waals surface area contributed by atoms with Gasteiger partial charge in [0.25, 0.3) is 0 Å². The Bertz CT molecular complexity index is 313. The molecule has 6 heteroatoms. The van der Waals surface area contributed by atoms with Crippen LogP contribution in [0, 0.1) is 0 Å². The number of rotatable bonds is 3. The first-order valence-electron chi connectivity index (χ1n) is 4.50. The lowest BCUT2D eigenvalue weighted by Crippen LogP contribution is -2.28. The van der Waals surface area contributed by atoms with E-state index in [0.717, 1.165) is 0 Å². The van der Waals surface area contributed by atoms with Gasteiger partial charge in [-0.15, -0.1) is 12.4 Å². The maximum Gasteiger partial charge on any atom is 0.407 e. The first-order valence-corrected chi connectivity index (χ1v) is 4.50. The van der Waals surface area contributed by atoms with E-state index in [1.54, 1.807) is 6.92 Å². The zero-order valence-corrected chi connectivity index (χ0v) is 9.44. The largest absolute Gasteiger partial charge is 0.494 e. The minimum atomic E-state index is -4.41. The van der Waals surface area contributed by atoms with Gasteiger partial charge in [0, 0.05) is 0 Å². The molecule has 1 rings (SSSR count). The van der Waals surface area contributed by atoms with Gasteiger partial charge in [-0.2, -0.15) is 13.2 Å². The van der Waals surface area contributed by atoms with E-state index in [2.05, 4.69) is 0 Å². The molecule has 1 unspecified atom stereocenters. The van der Waals surface area contributed by atoms with Gasteiger partial charge in [-0.05, 0) is 24.6 Å². The van der Waals surface area contributed by atoms with Crippen LogP contribution in [-0.4, -0.2) is 12.8 Å². The summed E-state index contributed by atoms with van der Waals surface area (Å²) in [4.78, 5) is 0. The zero-order chi connectivity index (χ0) is 11.5. The molecule has 2 nitrogen and oxygen atoms in total. The van der Waals surface area contributed by atoms with Crippen LogP contribution in [0.25, 0.3) is 0 Å². The molecule has 92 valence electrons. The maximum atomic E-state index is 12.2. The van der Waals surface area contributed by atoms with Crippen LogP contribution >= 0.6 is 12.4 Å². The van der Waals surface area contributed by atoms with Crippen molar-refractivity contribution in [1.82, 2.24) is 0 Å². The molecule has 0 bridgehead atoms. The average Bonchev–Trinajstić information content (AvgIpc) is 2.17. The average molecular weight is 256 g/mol. The van der Waals surface area contributed by atoms with Gasteiger partial charge in [-0.3, -0.25) is 0 Å². The Morgan fingerprint density at radius 3 is 2.12 bits per heavy atom. The van der Waals surface area contributed by atoms with Crippen molar-refractivity contribution >= 4 is 12.4 Å². The molecule has 1 atom stereocenters. The van der Waals surface area contributed by atoms with Gasteiger partial charge in [-0.25, -0.2) is 0 Å². The molecule has 2 N–H and O–H groups in total. The number of alkyl halides is 3. The zero-order valence-electron chi connectivity index (χ0n) is 8.62. The fourth-order valence-electron chi connectivity index (χ4n) is 1.13. The predicted octanol–water partition coefficient (Wildman–Crippen LogP) is 3.07. The van der Waals surface area contributed by atoms with Crippen LogP contribution < -0.4 is 10.5 Å². The van der Waals surface area contributed by atoms with Crippen molar-refractivity contribution in [3.05, 3.63) is 29.8 Å². The molecule has 1 aromatic carbocycles. The van der Waals surface area contributed by atoms with Gasteiger partial charge in [0.2, 0.25) is 0 Å². The lowest BCUT2D eigenvalue weighted by atomic mass is 10.1. The summed E-state index contributed by atoms with van der Waals surface area (Å²) < 4.78 is 41.8. The van der Waals surface area contributed by atoms with Crippen molar-refractivity contribution in [2.75, 3.05) is 6.61 Å². The molecule has 16 heavy (non-hydrogen) atoms. The fraction of sp³-hybridized carbons (Fsp3) is 0.400. The third-order valence-corrected chi connectivity index (χ3v) is 1.90. The van der Waals surface area contributed by atoms with Crippen LogP contribution in [0.2, 0.25) is 0 Å². The Labute approximate surface area is 98.0 Å². The molecular formula is C10H13ClF3NO. The number of ether oxygens (including phenoxy) is 1. The molecule has 0 amide bonds. The first kappa shape index (κ1) is 15.1. The van der Waals surface area contributed by atoms with E-state index >= 15 is 0 Å². The molecule has 0 aliphatic rings. The molecule has 1 aromatic rings. The van der Waals surface area contributed by atoms with Crippen LogP contribution in [-0.2, 0) is 0 Å². The summed E-state index contributed by atoms with van der Waals surface area (Å²) in [5, 5.41) is 0. The molecule has 0 aliphatic carbocycles. The van der Waals surface area contributed by atoms with Crippen LogP contribution in [0.5, 0.6) is 5.75 Å². The Morgan fingerprint density at radius 1 is 1.25 bits per heavy atom. The predicted molar refractivity (Wildman–Crippen MR) is 57.8 cm³/mol. The summed E-state index contributed by atoms with van der Waals surface area (Å²) in [6, 6.07) is 3.66. The molecule has 0 saturated heterocycles. The van der Waals surface area contributed by atoms with Crippen molar-refractivity contribution in [2.24, 2.45) is 5.73 Å². The van der Waals surface area contributed by atoms with Crippen LogP contribution in [0.3, 0.4) is 0 Å². The quantitative estimate of drug-likeness (QED) is 0.901. The van der Waals surface area contributed by atoms with Crippen molar-refractivity contribution in [2.45, 2.75) is 19.1 Å². The lowest BCUT2D eigenvalue weighted by molar-refractivity contribution is -0.149. The van der Waals surface area contributed by atoms with Crippen molar-refractivity contribution < 1.29 is 17.9 Å².